The molecule has 1 saturated heterocycles. The third-order valence-corrected chi connectivity index (χ3v) is 7.07. The predicted molar refractivity (Wildman–Crippen MR) is 146 cm³/mol. The average molecular weight is 473 g/mol. The highest BCUT2D eigenvalue weighted by molar-refractivity contribution is 5.92. The van der Waals surface area contributed by atoms with Gasteiger partial charge >= 0.3 is 0 Å². The first kappa shape index (κ1) is 25.2. The Morgan fingerprint density at radius 2 is 1.77 bits per heavy atom. The largest absolute Gasteiger partial charge is 0.493 e. The van der Waals surface area contributed by atoms with Crippen LogP contribution in [0.5, 0.6) is 5.75 Å². The molecule has 0 unspecified atom stereocenters. The number of nitrogens with zero attached hydrogens (tertiary/aromatic N) is 1. The topological polar surface area (TPSA) is 41.6 Å². The van der Waals surface area contributed by atoms with Crippen molar-refractivity contribution >= 4 is 22.4 Å². The maximum atomic E-state index is 12.1. The van der Waals surface area contributed by atoms with E-state index in [1.807, 2.05) is 19.9 Å². The molecular formula is C31H40N2O2. The molecule has 1 aliphatic rings. The van der Waals surface area contributed by atoms with Crippen molar-refractivity contribution in [2.45, 2.75) is 59.4 Å². The number of hydrogen-bond acceptors (Lipinski definition) is 3. The molecule has 1 amide bonds. The Bertz CT molecular complexity index is 1130. The maximum Gasteiger partial charge on any atom is 0.226 e. The molecule has 3 aromatic rings. The normalized spacial score (nSPS) is 15.1. The molecule has 0 radical (unpaired) electrons. The van der Waals surface area contributed by atoms with Crippen LogP contribution in [0.3, 0.4) is 0 Å². The van der Waals surface area contributed by atoms with Gasteiger partial charge in [-0.05, 0) is 78.7 Å². The molecule has 0 saturated carbocycles. The molecule has 0 aromatic heterocycles. The van der Waals surface area contributed by atoms with Crippen LogP contribution in [0.25, 0.3) is 10.8 Å². The Labute approximate surface area is 210 Å². The fraction of sp³-hybridized carbons (Fsp3) is 0.452. The molecular weight excluding hydrogens is 432 g/mol. The summed E-state index contributed by atoms with van der Waals surface area (Å²) < 4.78 is 6.29. The minimum atomic E-state index is -0.0183. The molecule has 0 atom stereocenters. The summed E-state index contributed by atoms with van der Waals surface area (Å²) in [4.78, 5) is 14.7. The SMILES string of the molecule is CC(C)CCOc1ccc2ccccc2c1CN1CCC(c2cccc(NC(=O)C(C)C)c2)CC1. The third-order valence-electron chi connectivity index (χ3n) is 7.07. The zero-order valence-electron chi connectivity index (χ0n) is 21.7. The Balaban J connectivity index is 1.43. The van der Waals surface area contributed by atoms with Crippen molar-refractivity contribution in [1.29, 1.82) is 0 Å². The molecule has 35 heavy (non-hydrogen) atoms. The van der Waals surface area contributed by atoms with Crippen LogP contribution in [0.15, 0.2) is 60.7 Å². The lowest BCUT2D eigenvalue weighted by Crippen LogP contribution is -2.32. The van der Waals surface area contributed by atoms with Gasteiger partial charge in [0.05, 0.1) is 6.61 Å². The van der Waals surface area contributed by atoms with Crippen molar-refractivity contribution in [2.75, 3.05) is 25.0 Å². The van der Waals surface area contributed by atoms with Crippen LogP contribution in [0.2, 0.25) is 0 Å². The minimum Gasteiger partial charge on any atom is -0.493 e. The van der Waals surface area contributed by atoms with E-state index in [0.29, 0.717) is 11.8 Å². The monoisotopic (exact) mass is 472 g/mol. The second-order valence-corrected chi connectivity index (χ2v) is 10.6. The number of nitrogens with one attached hydrogen (secondary N) is 1. The fourth-order valence-electron chi connectivity index (χ4n) is 4.82. The number of amides is 1. The molecule has 0 bridgehead atoms. The van der Waals surface area contributed by atoms with Crippen LogP contribution in [-0.4, -0.2) is 30.5 Å². The zero-order chi connectivity index (χ0) is 24.8. The molecule has 0 aliphatic carbocycles. The molecule has 4 heteroatoms. The van der Waals surface area contributed by atoms with Gasteiger partial charge in [-0.3, -0.25) is 9.69 Å². The van der Waals surface area contributed by atoms with Gasteiger partial charge in [0, 0.05) is 23.7 Å². The lowest BCUT2D eigenvalue weighted by Gasteiger charge is -2.33. The Hall–Kier alpha value is -2.85. The highest BCUT2D eigenvalue weighted by Gasteiger charge is 2.23. The van der Waals surface area contributed by atoms with E-state index in [1.54, 1.807) is 0 Å². The summed E-state index contributed by atoms with van der Waals surface area (Å²) in [6.07, 6.45) is 3.31. The first-order valence-corrected chi connectivity index (χ1v) is 13.2. The smallest absolute Gasteiger partial charge is 0.226 e. The van der Waals surface area contributed by atoms with Crippen molar-refractivity contribution in [3.8, 4) is 5.75 Å². The van der Waals surface area contributed by atoms with Crippen LogP contribution in [-0.2, 0) is 11.3 Å². The fourth-order valence-corrected chi connectivity index (χ4v) is 4.82. The predicted octanol–water partition coefficient (Wildman–Crippen LogP) is 7.24. The van der Waals surface area contributed by atoms with E-state index in [2.05, 4.69) is 78.7 Å². The molecule has 1 fully saturated rings. The second-order valence-electron chi connectivity index (χ2n) is 10.6. The number of rotatable bonds is 9. The van der Waals surface area contributed by atoms with Crippen LogP contribution >= 0.6 is 0 Å². The van der Waals surface area contributed by atoms with Gasteiger partial charge in [0.1, 0.15) is 5.75 Å². The van der Waals surface area contributed by atoms with Crippen molar-refractivity contribution in [1.82, 2.24) is 4.90 Å². The third kappa shape index (κ3) is 6.64. The minimum absolute atomic E-state index is 0.0183. The highest BCUT2D eigenvalue weighted by atomic mass is 16.5. The summed E-state index contributed by atoms with van der Waals surface area (Å²) in [5, 5.41) is 5.61. The average Bonchev–Trinajstić information content (AvgIpc) is 2.85. The molecule has 1 heterocycles. The lowest BCUT2D eigenvalue weighted by atomic mass is 9.89. The molecule has 1 aliphatic heterocycles. The summed E-state index contributed by atoms with van der Waals surface area (Å²) in [6.45, 7) is 12.1. The molecule has 1 N–H and O–H groups in total. The number of piperidine rings is 1. The van der Waals surface area contributed by atoms with Gasteiger partial charge in [-0.2, -0.15) is 0 Å². The van der Waals surface area contributed by atoms with Gasteiger partial charge in [0.25, 0.3) is 0 Å². The van der Waals surface area contributed by atoms with E-state index >= 15 is 0 Å². The Morgan fingerprint density at radius 1 is 1.00 bits per heavy atom. The quantitative estimate of drug-likeness (QED) is 0.357. The second kappa shape index (κ2) is 11.7. The van der Waals surface area contributed by atoms with Gasteiger partial charge < -0.3 is 10.1 Å². The summed E-state index contributed by atoms with van der Waals surface area (Å²) in [5.41, 5.74) is 3.54. The van der Waals surface area contributed by atoms with Gasteiger partial charge in [0.15, 0.2) is 0 Å². The van der Waals surface area contributed by atoms with Crippen molar-refractivity contribution < 1.29 is 9.53 Å². The van der Waals surface area contributed by atoms with E-state index in [0.717, 1.165) is 56.9 Å². The number of fused-ring (bicyclic) bond motifs is 1. The Morgan fingerprint density at radius 3 is 2.51 bits per heavy atom. The zero-order valence-corrected chi connectivity index (χ0v) is 21.7. The molecule has 186 valence electrons. The van der Waals surface area contributed by atoms with E-state index in [9.17, 15) is 4.79 Å². The number of benzene rings is 3. The number of ether oxygens (including phenoxy) is 1. The van der Waals surface area contributed by atoms with E-state index in [4.69, 9.17) is 4.74 Å². The number of carbonyl (C=O) groups excluding carboxylic acids is 1. The standard InChI is InChI=1S/C31H40N2O2/c1-22(2)16-19-35-30-13-12-25-8-5-6-11-28(25)29(30)21-33-17-14-24(15-18-33)26-9-7-10-27(20-26)32-31(34)23(3)4/h5-13,20,22-24H,14-19,21H2,1-4H3,(H,32,34). The van der Waals surface area contributed by atoms with E-state index < -0.39 is 0 Å². The summed E-state index contributed by atoms with van der Waals surface area (Å²) in [7, 11) is 0. The molecule has 3 aromatic carbocycles. The Kier molecular flexibility index (Phi) is 8.46. The van der Waals surface area contributed by atoms with Crippen LogP contribution in [0.1, 0.15) is 64.0 Å². The van der Waals surface area contributed by atoms with Gasteiger partial charge in [-0.15, -0.1) is 0 Å². The van der Waals surface area contributed by atoms with Crippen LogP contribution in [0.4, 0.5) is 5.69 Å². The molecule has 4 nitrogen and oxygen atoms in total. The van der Waals surface area contributed by atoms with Gasteiger partial charge in [-0.1, -0.05) is 70.2 Å². The number of likely N-dealkylation sites (tertiary alicyclic amines) is 1. The van der Waals surface area contributed by atoms with Crippen LogP contribution < -0.4 is 10.1 Å². The summed E-state index contributed by atoms with van der Waals surface area (Å²) in [5.74, 6) is 2.24. The summed E-state index contributed by atoms with van der Waals surface area (Å²) >= 11 is 0. The van der Waals surface area contributed by atoms with Crippen molar-refractivity contribution in [3.05, 3.63) is 71.8 Å². The molecule has 4 rings (SSSR count). The van der Waals surface area contributed by atoms with E-state index in [-0.39, 0.29) is 11.8 Å². The number of hydrogen-bond donors (Lipinski definition) is 1. The van der Waals surface area contributed by atoms with Crippen molar-refractivity contribution in [2.24, 2.45) is 11.8 Å². The van der Waals surface area contributed by atoms with E-state index in [1.165, 1.54) is 21.9 Å². The summed E-state index contributed by atoms with van der Waals surface area (Å²) in [6, 6.07) is 21.4. The number of carbonyl (C=O) groups is 1. The maximum absolute atomic E-state index is 12.1. The lowest BCUT2D eigenvalue weighted by molar-refractivity contribution is -0.118. The van der Waals surface area contributed by atoms with Gasteiger partial charge in [0.2, 0.25) is 5.91 Å². The molecule has 0 spiro atoms. The first-order valence-electron chi connectivity index (χ1n) is 13.2. The van der Waals surface area contributed by atoms with Gasteiger partial charge in [-0.25, -0.2) is 0 Å². The number of anilines is 1. The first-order chi connectivity index (χ1) is 16.9. The van der Waals surface area contributed by atoms with Crippen LogP contribution in [0, 0.1) is 11.8 Å². The highest BCUT2D eigenvalue weighted by Crippen LogP contribution is 2.34. The van der Waals surface area contributed by atoms with Crippen molar-refractivity contribution in [3.63, 3.8) is 0 Å².